The van der Waals surface area contributed by atoms with Crippen molar-refractivity contribution in [2.75, 3.05) is 0 Å². The lowest BCUT2D eigenvalue weighted by molar-refractivity contribution is 0.567. The number of aryl methyl sites for hydroxylation is 1. The Balaban J connectivity index is 0.000000272. The van der Waals surface area contributed by atoms with E-state index < -0.39 is 0 Å². The number of furan rings is 1. The lowest BCUT2D eigenvalue weighted by Crippen LogP contribution is -2.08. The molecule has 1 aliphatic carbocycles. The highest BCUT2D eigenvalue weighted by Gasteiger charge is 2.19. The molecule has 1 unspecified atom stereocenters. The second kappa shape index (κ2) is 6.98. The summed E-state index contributed by atoms with van der Waals surface area (Å²) < 4.78 is 4.58. The zero-order valence-electron chi connectivity index (χ0n) is 14.3. The zero-order valence-corrected chi connectivity index (χ0v) is 14.3. The van der Waals surface area contributed by atoms with Gasteiger partial charge in [0, 0.05) is 5.92 Å². The quantitative estimate of drug-likeness (QED) is 0.274. The van der Waals surface area contributed by atoms with E-state index >= 15 is 0 Å². The van der Waals surface area contributed by atoms with E-state index in [2.05, 4.69) is 65.6 Å². The summed E-state index contributed by atoms with van der Waals surface area (Å²) in [5, 5.41) is 5.53. The summed E-state index contributed by atoms with van der Waals surface area (Å²) in [6.45, 7) is 4.01. The van der Waals surface area contributed by atoms with Crippen LogP contribution in [0.1, 0.15) is 29.9 Å². The van der Waals surface area contributed by atoms with Gasteiger partial charge < -0.3 is 4.42 Å². The summed E-state index contributed by atoms with van der Waals surface area (Å²) in [7, 11) is 0. The van der Waals surface area contributed by atoms with E-state index in [0.717, 1.165) is 0 Å². The fourth-order valence-electron chi connectivity index (χ4n) is 3.92. The molecule has 1 aromatic heterocycles. The molecule has 0 N–H and O–H groups in total. The van der Waals surface area contributed by atoms with Crippen LogP contribution >= 0.6 is 0 Å². The van der Waals surface area contributed by atoms with Gasteiger partial charge in [-0.05, 0) is 64.1 Å². The van der Waals surface area contributed by atoms with Crippen LogP contribution in [0.25, 0.3) is 21.5 Å². The maximum Gasteiger partial charge on any atom is 0.0902 e. The van der Waals surface area contributed by atoms with Crippen molar-refractivity contribution in [1.29, 1.82) is 0 Å². The van der Waals surface area contributed by atoms with Crippen LogP contribution in [0.2, 0.25) is 0 Å². The Morgan fingerprint density at radius 2 is 1.64 bits per heavy atom. The molecule has 4 aromatic rings. The zero-order chi connectivity index (χ0) is 17.1. The summed E-state index contributed by atoms with van der Waals surface area (Å²) >= 11 is 0. The van der Waals surface area contributed by atoms with Crippen molar-refractivity contribution in [3.05, 3.63) is 97.0 Å². The van der Waals surface area contributed by atoms with E-state index in [9.17, 15) is 0 Å². The molecular formula is C24H22O. The average Bonchev–Trinajstić information content (AvgIpc) is 3.27. The summed E-state index contributed by atoms with van der Waals surface area (Å²) in [5.41, 5.74) is 3.04. The Morgan fingerprint density at radius 3 is 2.40 bits per heavy atom. The molecule has 1 heteroatoms. The largest absolute Gasteiger partial charge is 0.473 e. The second-order valence-electron chi connectivity index (χ2n) is 6.54. The van der Waals surface area contributed by atoms with E-state index in [1.165, 1.54) is 46.4 Å². The van der Waals surface area contributed by atoms with Gasteiger partial charge in [0.15, 0.2) is 0 Å². The van der Waals surface area contributed by atoms with Crippen molar-refractivity contribution in [2.24, 2.45) is 0 Å². The summed E-state index contributed by atoms with van der Waals surface area (Å²) in [4.78, 5) is 0. The minimum Gasteiger partial charge on any atom is -0.473 e. The summed E-state index contributed by atoms with van der Waals surface area (Å²) in [5.74, 6) is 0.537. The molecule has 3 aromatic carbocycles. The number of fused-ring (bicyclic) bond motifs is 5. The first kappa shape index (κ1) is 15.7. The Hall–Kier alpha value is -2.80. The molecule has 1 atom stereocenters. The van der Waals surface area contributed by atoms with Gasteiger partial charge in [-0.1, -0.05) is 54.6 Å². The lowest BCUT2D eigenvalue weighted by Gasteiger charge is -2.24. The van der Waals surface area contributed by atoms with Crippen LogP contribution in [-0.2, 0) is 6.42 Å². The van der Waals surface area contributed by atoms with Crippen LogP contribution in [0, 0.1) is 0 Å². The van der Waals surface area contributed by atoms with Crippen molar-refractivity contribution in [3.63, 3.8) is 0 Å². The molecule has 1 heterocycles. The minimum atomic E-state index is 0.537. The van der Waals surface area contributed by atoms with Gasteiger partial charge in [-0.2, -0.15) is 0 Å². The SMILES string of the molecule is C=CC1CCCc2c1ccc1c2ccc2ccccc21.c1ccoc1. The normalized spacial score (nSPS) is 16.1. The highest BCUT2D eigenvalue weighted by atomic mass is 16.3. The van der Waals surface area contributed by atoms with Gasteiger partial charge in [-0.15, -0.1) is 6.58 Å². The molecule has 0 spiro atoms. The molecule has 0 aliphatic heterocycles. The predicted molar refractivity (Wildman–Crippen MR) is 106 cm³/mol. The smallest absolute Gasteiger partial charge is 0.0902 e. The standard InChI is InChI=1S/C20H18.C4H4O/c1-2-14-7-5-9-18-17(14)12-13-19-16-8-4-3-6-15(16)10-11-20(18)19;1-2-4-5-3-1/h2-4,6,8,10-14H,1,5,7,9H2;1-4H. The van der Waals surface area contributed by atoms with Crippen LogP contribution in [0.3, 0.4) is 0 Å². The van der Waals surface area contributed by atoms with E-state index in [1.54, 1.807) is 18.1 Å². The van der Waals surface area contributed by atoms with E-state index in [0.29, 0.717) is 5.92 Å². The van der Waals surface area contributed by atoms with Gasteiger partial charge in [0.2, 0.25) is 0 Å². The maximum absolute atomic E-state index is 4.58. The molecule has 1 nitrogen and oxygen atoms in total. The Morgan fingerprint density at radius 1 is 0.840 bits per heavy atom. The molecule has 0 saturated carbocycles. The summed E-state index contributed by atoms with van der Waals surface area (Å²) in [6.07, 6.45) is 9.09. The van der Waals surface area contributed by atoms with E-state index in [4.69, 9.17) is 0 Å². The van der Waals surface area contributed by atoms with Crippen LogP contribution in [0.5, 0.6) is 0 Å². The van der Waals surface area contributed by atoms with E-state index in [-0.39, 0.29) is 0 Å². The average molecular weight is 326 g/mol. The summed E-state index contributed by atoms with van der Waals surface area (Å²) in [6, 6.07) is 21.5. The first-order valence-electron chi connectivity index (χ1n) is 8.91. The van der Waals surface area contributed by atoms with E-state index in [1.807, 2.05) is 12.1 Å². The lowest BCUT2D eigenvalue weighted by atomic mass is 9.80. The first-order chi connectivity index (χ1) is 12.4. The number of rotatable bonds is 1. The molecule has 124 valence electrons. The van der Waals surface area contributed by atoms with Gasteiger partial charge in [0.1, 0.15) is 0 Å². The fourth-order valence-corrected chi connectivity index (χ4v) is 3.92. The van der Waals surface area contributed by atoms with Gasteiger partial charge in [0.05, 0.1) is 12.5 Å². The monoisotopic (exact) mass is 326 g/mol. The molecule has 1 aliphatic rings. The van der Waals surface area contributed by atoms with Gasteiger partial charge in [-0.3, -0.25) is 0 Å². The molecule has 0 fully saturated rings. The molecule has 0 saturated heterocycles. The maximum atomic E-state index is 4.58. The Bertz CT molecular complexity index is 978. The van der Waals surface area contributed by atoms with Crippen molar-refractivity contribution < 1.29 is 4.42 Å². The van der Waals surface area contributed by atoms with Gasteiger partial charge >= 0.3 is 0 Å². The fraction of sp³-hybridized carbons (Fsp3) is 0.167. The van der Waals surface area contributed by atoms with Crippen molar-refractivity contribution in [3.8, 4) is 0 Å². The third-order valence-corrected chi connectivity index (χ3v) is 5.13. The molecule has 25 heavy (non-hydrogen) atoms. The van der Waals surface area contributed by atoms with Crippen LogP contribution in [0.4, 0.5) is 0 Å². The van der Waals surface area contributed by atoms with Crippen LogP contribution < -0.4 is 0 Å². The molecular weight excluding hydrogens is 304 g/mol. The van der Waals surface area contributed by atoms with Crippen molar-refractivity contribution in [2.45, 2.75) is 25.2 Å². The second-order valence-corrected chi connectivity index (χ2v) is 6.54. The number of hydrogen-bond acceptors (Lipinski definition) is 1. The number of allylic oxidation sites excluding steroid dienone is 1. The topological polar surface area (TPSA) is 13.1 Å². The van der Waals surface area contributed by atoms with Gasteiger partial charge in [0.25, 0.3) is 0 Å². The highest BCUT2D eigenvalue weighted by molar-refractivity contribution is 6.08. The van der Waals surface area contributed by atoms with Crippen molar-refractivity contribution >= 4 is 21.5 Å². The Labute approximate surface area is 148 Å². The van der Waals surface area contributed by atoms with Crippen LogP contribution in [0.15, 0.2) is 90.3 Å². The molecule has 0 amide bonds. The number of hydrogen-bond donors (Lipinski definition) is 0. The first-order valence-corrected chi connectivity index (χ1v) is 8.91. The Kier molecular flexibility index (Phi) is 4.39. The third-order valence-electron chi connectivity index (χ3n) is 5.13. The minimum absolute atomic E-state index is 0.537. The molecule has 0 bridgehead atoms. The van der Waals surface area contributed by atoms with Crippen LogP contribution in [-0.4, -0.2) is 0 Å². The molecule has 0 radical (unpaired) electrons. The van der Waals surface area contributed by atoms with Crippen molar-refractivity contribution in [1.82, 2.24) is 0 Å². The highest BCUT2D eigenvalue weighted by Crippen LogP contribution is 2.38. The molecule has 5 rings (SSSR count). The number of benzene rings is 3. The van der Waals surface area contributed by atoms with Gasteiger partial charge in [-0.25, -0.2) is 0 Å². The predicted octanol–water partition coefficient (Wildman–Crippen LogP) is 6.88. The third kappa shape index (κ3) is 2.98.